The van der Waals surface area contributed by atoms with Gasteiger partial charge in [-0.3, -0.25) is 0 Å². The summed E-state index contributed by atoms with van der Waals surface area (Å²) >= 11 is 0. The van der Waals surface area contributed by atoms with Crippen molar-refractivity contribution in [2.24, 2.45) is 5.41 Å². The summed E-state index contributed by atoms with van der Waals surface area (Å²) in [5.41, 5.74) is 1.65. The Bertz CT molecular complexity index is 202. The fourth-order valence-corrected chi connectivity index (χ4v) is 1.15. The summed E-state index contributed by atoms with van der Waals surface area (Å²) in [5, 5.41) is 0. The normalized spacial score (nSPS) is 22.1. The van der Waals surface area contributed by atoms with Crippen LogP contribution in [-0.2, 0) is 0 Å². The Morgan fingerprint density at radius 1 is 1.40 bits per heavy atom. The third-order valence-corrected chi connectivity index (χ3v) is 1.88. The molecule has 0 nitrogen and oxygen atoms in total. The minimum absolute atomic E-state index is 0.256. The Morgan fingerprint density at radius 2 is 2.10 bits per heavy atom. The van der Waals surface area contributed by atoms with Crippen LogP contribution in [0.25, 0.3) is 0 Å². The molecule has 0 aliphatic heterocycles. The van der Waals surface area contributed by atoms with Gasteiger partial charge in [-0.05, 0) is 12.5 Å². The van der Waals surface area contributed by atoms with E-state index in [2.05, 4.69) is 51.2 Å². The molecule has 0 fully saturated rings. The van der Waals surface area contributed by atoms with Crippen molar-refractivity contribution in [3.05, 3.63) is 36.0 Å². The molecule has 0 atom stereocenters. The van der Waals surface area contributed by atoms with Gasteiger partial charge < -0.3 is 0 Å². The molecule has 0 aromatic carbocycles. The van der Waals surface area contributed by atoms with Crippen molar-refractivity contribution < 1.29 is 0 Å². The lowest BCUT2D eigenvalue weighted by atomic mass is 9.87. The Labute approximate surface area is 62.9 Å². The molecule has 0 heteroatoms. The molecule has 0 unspecified atom stereocenters. The molecule has 1 rings (SSSR count). The summed E-state index contributed by atoms with van der Waals surface area (Å²) in [4.78, 5) is 0. The first kappa shape index (κ1) is 7.33. The van der Waals surface area contributed by atoms with Crippen LogP contribution in [0.15, 0.2) is 36.0 Å². The Kier molecular flexibility index (Phi) is 1.80. The molecular weight excluding hydrogens is 120 g/mol. The zero-order valence-corrected chi connectivity index (χ0v) is 6.89. The fraction of sp³-hybridized carbons (Fsp3) is 0.400. The van der Waals surface area contributed by atoms with Crippen molar-refractivity contribution in [3.63, 3.8) is 0 Å². The quantitative estimate of drug-likeness (QED) is 0.517. The van der Waals surface area contributed by atoms with E-state index in [1.165, 1.54) is 5.57 Å². The molecule has 0 radical (unpaired) electrons. The van der Waals surface area contributed by atoms with E-state index in [1.54, 1.807) is 0 Å². The molecule has 0 saturated carbocycles. The van der Waals surface area contributed by atoms with Crippen LogP contribution >= 0.6 is 0 Å². The largest absolute Gasteiger partial charge is 0.0874 e. The van der Waals surface area contributed by atoms with E-state index >= 15 is 0 Å². The summed E-state index contributed by atoms with van der Waals surface area (Å²) in [6.45, 7) is 6.50. The van der Waals surface area contributed by atoms with Gasteiger partial charge in [-0.2, -0.15) is 0 Å². The number of rotatable bonds is 1. The average molecular weight is 134 g/mol. The molecule has 0 aromatic heterocycles. The van der Waals surface area contributed by atoms with Gasteiger partial charge in [0.1, 0.15) is 0 Å². The number of allylic oxidation sites excluding steroid dienone is 6. The van der Waals surface area contributed by atoms with Crippen molar-refractivity contribution in [1.29, 1.82) is 0 Å². The van der Waals surface area contributed by atoms with E-state index < -0.39 is 0 Å². The van der Waals surface area contributed by atoms with E-state index in [1.807, 2.05) is 0 Å². The average Bonchev–Trinajstić information content (AvgIpc) is 2.13. The summed E-state index contributed by atoms with van der Waals surface area (Å²) in [7, 11) is 0. The molecule has 0 amide bonds. The molecule has 0 spiro atoms. The molecule has 10 heavy (non-hydrogen) atoms. The zero-order chi connectivity index (χ0) is 7.61. The van der Waals surface area contributed by atoms with Gasteiger partial charge in [0, 0.05) is 5.41 Å². The second-order valence-electron chi connectivity index (χ2n) is 3.20. The highest BCUT2D eigenvalue weighted by Gasteiger charge is 2.19. The first-order chi connectivity index (χ1) is 4.67. The second kappa shape index (κ2) is 2.45. The van der Waals surface area contributed by atoms with Crippen LogP contribution in [0, 0.1) is 5.41 Å². The molecule has 0 saturated heterocycles. The van der Waals surface area contributed by atoms with Gasteiger partial charge in [0.2, 0.25) is 0 Å². The Balaban J connectivity index is 2.82. The van der Waals surface area contributed by atoms with E-state index in [9.17, 15) is 0 Å². The van der Waals surface area contributed by atoms with Gasteiger partial charge in [0.15, 0.2) is 0 Å². The Morgan fingerprint density at radius 3 is 2.50 bits per heavy atom. The van der Waals surface area contributed by atoms with Gasteiger partial charge in [-0.15, -0.1) is 0 Å². The zero-order valence-electron chi connectivity index (χ0n) is 6.89. The van der Waals surface area contributed by atoms with Gasteiger partial charge >= 0.3 is 0 Å². The minimum Gasteiger partial charge on any atom is -0.0874 e. The minimum atomic E-state index is 0.256. The summed E-state index contributed by atoms with van der Waals surface area (Å²) in [6.07, 6.45) is 10.8. The fourth-order valence-electron chi connectivity index (χ4n) is 1.15. The van der Waals surface area contributed by atoms with Gasteiger partial charge in [-0.1, -0.05) is 44.2 Å². The second-order valence-corrected chi connectivity index (χ2v) is 3.20. The summed E-state index contributed by atoms with van der Waals surface area (Å²) < 4.78 is 0. The number of hydrogen-bond acceptors (Lipinski definition) is 0. The third-order valence-electron chi connectivity index (χ3n) is 1.88. The molecular formula is C10H14. The van der Waals surface area contributed by atoms with Crippen molar-refractivity contribution >= 4 is 0 Å². The third kappa shape index (κ3) is 1.21. The highest BCUT2D eigenvalue weighted by atomic mass is 14.2. The van der Waals surface area contributed by atoms with E-state index in [0.717, 1.165) is 0 Å². The van der Waals surface area contributed by atoms with Crippen molar-refractivity contribution in [2.45, 2.75) is 20.8 Å². The van der Waals surface area contributed by atoms with Crippen molar-refractivity contribution in [1.82, 2.24) is 0 Å². The summed E-state index contributed by atoms with van der Waals surface area (Å²) in [6, 6.07) is 0. The first-order valence-corrected chi connectivity index (χ1v) is 3.69. The Hall–Kier alpha value is -0.780. The van der Waals surface area contributed by atoms with Crippen LogP contribution in [-0.4, -0.2) is 0 Å². The SMILES string of the molecule is CC=CC1=CC=CC1(C)C. The van der Waals surface area contributed by atoms with Gasteiger partial charge in [0.25, 0.3) is 0 Å². The highest BCUT2D eigenvalue weighted by molar-refractivity contribution is 5.38. The lowest BCUT2D eigenvalue weighted by Crippen LogP contribution is -2.05. The highest BCUT2D eigenvalue weighted by Crippen LogP contribution is 2.32. The van der Waals surface area contributed by atoms with Crippen molar-refractivity contribution in [3.8, 4) is 0 Å². The van der Waals surface area contributed by atoms with E-state index in [0.29, 0.717) is 0 Å². The number of hydrogen-bond donors (Lipinski definition) is 0. The van der Waals surface area contributed by atoms with Crippen LogP contribution in [0.2, 0.25) is 0 Å². The summed E-state index contributed by atoms with van der Waals surface area (Å²) in [5.74, 6) is 0. The predicted molar refractivity (Wildman–Crippen MR) is 45.8 cm³/mol. The van der Waals surface area contributed by atoms with E-state index in [-0.39, 0.29) is 5.41 Å². The predicted octanol–water partition coefficient (Wildman–Crippen LogP) is 3.08. The molecule has 54 valence electrons. The standard InChI is InChI=1S/C10H14/c1-4-6-9-7-5-8-10(9,2)3/h4-8H,1-3H3. The molecule has 0 aromatic rings. The first-order valence-electron chi connectivity index (χ1n) is 3.69. The molecule has 0 N–H and O–H groups in total. The molecule has 1 aliphatic rings. The van der Waals surface area contributed by atoms with E-state index in [4.69, 9.17) is 0 Å². The topological polar surface area (TPSA) is 0 Å². The maximum atomic E-state index is 2.22. The molecule has 0 bridgehead atoms. The van der Waals surface area contributed by atoms with Crippen LogP contribution in [0.3, 0.4) is 0 Å². The van der Waals surface area contributed by atoms with Crippen LogP contribution in [0.5, 0.6) is 0 Å². The maximum absolute atomic E-state index is 2.22. The maximum Gasteiger partial charge on any atom is 0.00783 e. The van der Waals surface area contributed by atoms with Crippen LogP contribution < -0.4 is 0 Å². The lowest BCUT2D eigenvalue weighted by Gasteiger charge is -2.17. The van der Waals surface area contributed by atoms with Gasteiger partial charge in [0.05, 0.1) is 0 Å². The molecule has 0 heterocycles. The monoisotopic (exact) mass is 134 g/mol. The smallest absolute Gasteiger partial charge is 0.00783 e. The van der Waals surface area contributed by atoms with Crippen LogP contribution in [0.4, 0.5) is 0 Å². The lowest BCUT2D eigenvalue weighted by molar-refractivity contribution is 0.606. The van der Waals surface area contributed by atoms with Crippen molar-refractivity contribution in [2.75, 3.05) is 0 Å². The van der Waals surface area contributed by atoms with Gasteiger partial charge in [-0.25, -0.2) is 0 Å². The van der Waals surface area contributed by atoms with Crippen LogP contribution in [0.1, 0.15) is 20.8 Å². The molecule has 1 aliphatic carbocycles.